The van der Waals surface area contributed by atoms with Crippen molar-refractivity contribution < 1.29 is 22.7 Å². The van der Waals surface area contributed by atoms with Crippen LogP contribution in [0, 0.1) is 5.92 Å². The van der Waals surface area contributed by atoms with Crippen molar-refractivity contribution in [2.75, 3.05) is 7.11 Å². The molecular formula is C34H37N3O5S. The van der Waals surface area contributed by atoms with Crippen LogP contribution in [0.2, 0.25) is 0 Å². The minimum atomic E-state index is -3.78. The number of nitrogens with two attached hydrogens (primary N) is 1. The number of sulfonamides is 1. The van der Waals surface area contributed by atoms with Crippen LogP contribution in [0.25, 0.3) is 22.3 Å². The van der Waals surface area contributed by atoms with Crippen LogP contribution in [0.1, 0.15) is 36.8 Å². The van der Waals surface area contributed by atoms with Gasteiger partial charge in [-0.25, -0.2) is 13.6 Å². The Kier molecular flexibility index (Phi) is 11.1. The van der Waals surface area contributed by atoms with Crippen LogP contribution in [0.5, 0.6) is 5.75 Å². The van der Waals surface area contributed by atoms with Gasteiger partial charge in [0, 0.05) is 30.1 Å². The van der Waals surface area contributed by atoms with Crippen molar-refractivity contribution in [2.45, 2.75) is 43.7 Å². The number of hydrogen-bond acceptors (Lipinski definition) is 5. The van der Waals surface area contributed by atoms with Gasteiger partial charge in [-0.2, -0.15) is 0 Å². The van der Waals surface area contributed by atoms with Crippen molar-refractivity contribution >= 4 is 22.3 Å². The van der Waals surface area contributed by atoms with Gasteiger partial charge in [0.15, 0.2) is 0 Å². The number of hydrogen-bond donors (Lipinski definition) is 3. The topological polar surface area (TPSA) is 128 Å². The molecule has 0 spiro atoms. The molecule has 1 saturated carbocycles. The van der Waals surface area contributed by atoms with E-state index < -0.39 is 10.0 Å². The Bertz CT molecular complexity index is 1610. The van der Waals surface area contributed by atoms with Crippen LogP contribution in [-0.4, -0.2) is 27.8 Å². The lowest BCUT2D eigenvalue weighted by Gasteiger charge is -2.11. The van der Waals surface area contributed by atoms with E-state index in [1.54, 1.807) is 25.3 Å². The van der Waals surface area contributed by atoms with Gasteiger partial charge < -0.3 is 15.4 Å². The number of ether oxygens (including phenoxy) is 1. The molecule has 4 N–H and O–H groups in total. The van der Waals surface area contributed by atoms with Crippen molar-refractivity contribution in [1.29, 1.82) is 0 Å². The van der Waals surface area contributed by atoms with E-state index in [9.17, 15) is 18.0 Å². The van der Waals surface area contributed by atoms with Crippen molar-refractivity contribution in [3.05, 3.63) is 108 Å². The van der Waals surface area contributed by atoms with Gasteiger partial charge in [-0.05, 0) is 47.2 Å². The second-order valence-corrected chi connectivity index (χ2v) is 11.9. The SMILES string of the molecule is COc1ccccc1-c1ccc(CNC=O)cc1.NS(=O)(=O)c1ccccc1-c1ccc(CNC(=O)C2CCCC2)cc1. The average molecular weight is 600 g/mol. The first-order chi connectivity index (χ1) is 20.8. The van der Waals surface area contributed by atoms with Gasteiger partial charge in [-0.15, -0.1) is 0 Å². The Labute approximate surface area is 253 Å². The molecule has 0 heterocycles. The molecule has 0 atom stereocenters. The number of rotatable bonds is 10. The van der Waals surface area contributed by atoms with Crippen LogP contribution in [0.4, 0.5) is 0 Å². The highest BCUT2D eigenvalue weighted by Gasteiger charge is 2.22. The lowest BCUT2D eigenvalue weighted by molar-refractivity contribution is -0.125. The van der Waals surface area contributed by atoms with Crippen molar-refractivity contribution in [1.82, 2.24) is 10.6 Å². The normalized spacial score (nSPS) is 13.0. The van der Waals surface area contributed by atoms with Gasteiger partial charge in [0.1, 0.15) is 5.75 Å². The molecule has 43 heavy (non-hydrogen) atoms. The molecule has 4 aromatic rings. The molecule has 0 saturated heterocycles. The molecule has 224 valence electrons. The van der Waals surface area contributed by atoms with E-state index in [0.717, 1.165) is 59.3 Å². The number of nitrogens with one attached hydrogen (secondary N) is 2. The first kappa shape index (κ1) is 31.5. The standard InChI is InChI=1S/C19H22N2O3S.C15H15NO2/c20-25(23,24)18-8-4-3-7-17(18)15-11-9-14(10-12-15)13-21-19(22)16-5-1-2-6-16;1-18-15-5-3-2-4-14(15)13-8-6-12(7-9-13)10-16-11-17/h3-4,7-12,16H,1-2,5-6,13H2,(H,21,22)(H2,20,23,24);2-9,11H,10H2,1H3,(H,16,17). The molecule has 4 aromatic carbocycles. The first-order valence-corrected chi connectivity index (χ1v) is 15.7. The molecule has 0 unspecified atom stereocenters. The second kappa shape index (κ2) is 15.1. The molecule has 1 aliphatic rings. The van der Waals surface area contributed by atoms with Crippen LogP contribution in [-0.2, 0) is 32.7 Å². The van der Waals surface area contributed by atoms with E-state index in [1.807, 2.05) is 72.8 Å². The van der Waals surface area contributed by atoms with Gasteiger partial charge in [-0.1, -0.05) is 97.8 Å². The largest absolute Gasteiger partial charge is 0.496 e. The minimum Gasteiger partial charge on any atom is -0.496 e. The summed E-state index contributed by atoms with van der Waals surface area (Å²) >= 11 is 0. The molecular weight excluding hydrogens is 562 g/mol. The smallest absolute Gasteiger partial charge is 0.238 e. The van der Waals surface area contributed by atoms with Crippen molar-refractivity contribution in [3.8, 4) is 28.0 Å². The van der Waals surface area contributed by atoms with Crippen molar-refractivity contribution in [3.63, 3.8) is 0 Å². The molecule has 0 bridgehead atoms. The Morgan fingerprint density at radius 1 is 0.814 bits per heavy atom. The summed E-state index contributed by atoms with van der Waals surface area (Å²) < 4.78 is 28.8. The number of primary sulfonamides is 1. The zero-order valence-electron chi connectivity index (χ0n) is 24.2. The summed E-state index contributed by atoms with van der Waals surface area (Å²) in [6, 6.07) is 30.1. The van der Waals surface area contributed by atoms with E-state index in [2.05, 4.69) is 10.6 Å². The number of methoxy groups -OCH3 is 1. The van der Waals surface area contributed by atoms with Crippen LogP contribution >= 0.6 is 0 Å². The highest BCUT2D eigenvalue weighted by Crippen LogP contribution is 2.30. The minimum absolute atomic E-state index is 0.109. The van der Waals surface area contributed by atoms with Crippen LogP contribution in [0.3, 0.4) is 0 Å². The maximum Gasteiger partial charge on any atom is 0.238 e. The Morgan fingerprint density at radius 3 is 1.93 bits per heavy atom. The van der Waals surface area contributed by atoms with E-state index in [-0.39, 0.29) is 16.7 Å². The maximum absolute atomic E-state index is 12.1. The number of amides is 2. The third kappa shape index (κ3) is 8.76. The predicted octanol–water partition coefficient (Wildman–Crippen LogP) is 5.42. The summed E-state index contributed by atoms with van der Waals surface area (Å²) in [7, 11) is -2.11. The highest BCUT2D eigenvalue weighted by molar-refractivity contribution is 7.89. The lowest BCUT2D eigenvalue weighted by atomic mass is 10.0. The van der Waals surface area contributed by atoms with Crippen LogP contribution < -0.4 is 20.5 Å². The second-order valence-electron chi connectivity index (χ2n) is 10.3. The van der Waals surface area contributed by atoms with Gasteiger partial charge in [0.05, 0.1) is 12.0 Å². The van der Waals surface area contributed by atoms with Crippen LogP contribution in [0.15, 0.2) is 102 Å². The number of carbonyl (C=O) groups excluding carboxylic acids is 2. The first-order valence-electron chi connectivity index (χ1n) is 14.2. The molecule has 5 rings (SSSR count). The summed E-state index contributed by atoms with van der Waals surface area (Å²) in [4.78, 5) is 22.4. The average Bonchev–Trinajstić information content (AvgIpc) is 3.59. The Balaban J connectivity index is 0.000000208. The Hall–Kier alpha value is -4.47. The third-order valence-corrected chi connectivity index (χ3v) is 8.38. The fourth-order valence-corrected chi connectivity index (χ4v) is 5.88. The van der Waals surface area contributed by atoms with Gasteiger partial charge in [0.25, 0.3) is 0 Å². The van der Waals surface area contributed by atoms with E-state index in [1.165, 1.54) is 6.07 Å². The number of para-hydroxylation sites is 1. The third-order valence-electron chi connectivity index (χ3n) is 7.41. The summed E-state index contributed by atoms with van der Waals surface area (Å²) in [6.07, 6.45) is 4.94. The Morgan fingerprint density at radius 2 is 1.35 bits per heavy atom. The maximum atomic E-state index is 12.1. The molecule has 1 aliphatic carbocycles. The zero-order chi connectivity index (χ0) is 30.7. The molecule has 0 aliphatic heterocycles. The number of carbonyl (C=O) groups is 2. The summed E-state index contributed by atoms with van der Waals surface area (Å²) in [5.41, 5.74) is 5.56. The van der Waals surface area contributed by atoms with E-state index in [4.69, 9.17) is 9.88 Å². The summed E-state index contributed by atoms with van der Waals surface area (Å²) in [6.45, 7) is 1.03. The lowest BCUT2D eigenvalue weighted by Crippen LogP contribution is -2.28. The van der Waals surface area contributed by atoms with Crippen molar-refractivity contribution in [2.24, 2.45) is 11.1 Å². The molecule has 1 fully saturated rings. The van der Waals surface area contributed by atoms with E-state index >= 15 is 0 Å². The fourth-order valence-electron chi connectivity index (χ4n) is 5.12. The highest BCUT2D eigenvalue weighted by atomic mass is 32.2. The monoisotopic (exact) mass is 599 g/mol. The summed E-state index contributed by atoms with van der Waals surface area (Å²) in [5.74, 6) is 1.14. The quantitative estimate of drug-likeness (QED) is 0.210. The molecule has 0 aromatic heterocycles. The number of benzene rings is 4. The summed E-state index contributed by atoms with van der Waals surface area (Å²) in [5, 5.41) is 10.9. The molecule has 8 nitrogen and oxygen atoms in total. The zero-order valence-corrected chi connectivity index (χ0v) is 25.0. The molecule has 9 heteroatoms. The van der Waals surface area contributed by atoms with Gasteiger partial charge in [0.2, 0.25) is 22.3 Å². The van der Waals surface area contributed by atoms with E-state index in [0.29, 0.717) is 25.1 Å². The van der Waals surface area contributed by atoms with Gasteiger partial charge in [-0.3, -0.25) is 9.59 Å². The molecule has 2 amide bonds. The predicted molar refractivity (Wildman–Crippen MR) is 168 cm³/mol. The fraction of sp³-hybridized carbons (Fsp3) is 0.235. The molecule has 0 radical (unpaired) electrons. The van der Waals surface area contributed by atoms with Gasteiger partial charge >= 0.3 is 0 Å².